The molecule has 1 aliphatic rings. The fourth-order valence-corrected chi connectivity index (χ4v) is 8.00. The summed E-state index contributed by atoms with van der Waals surface area (Å²) in [5.74, 6) is -0.652. The van der Waals surface area contributed by atoms with Gasteiger partial charge in [0.15, 0.2) is 0 Å². The van der Waals surface area contributed by atoms with Crippen LogP contribution in [0.1, 0.15) is 54.6 Å². The van der Waals surface area contributed by atoms with Gasteiger partial charge in [-0.1, -0.05) is 117 Å². The van der Waals surface area contributed by atoms with Crippen molar-refractivity contribution in [2.45, 2.75) is 103 Å². The van der Waals surface area contributed by atoms with E-state index in [0.717, 1.165) is 50.8 Å². The second-order valence-corrected chi connectivity index (χ2v) is 23.1. The van der Waals surface area contributed by atoms with Crippen LogP contribution in [-0.2, 0) is 63.1 Å². The number of fused-ring (bicyclic) bond motifs is 1. The van der Waals surface area contributed by atoms with Gasteiger partial charge in [0.05, 0.1) is 19.3 Å². The van der Waals surface area contributed by atoms with Gasteiger partial charge in [0.1, 0.15) is 19.4 Å². The van der Waals surface area contributed by atoms with E-state index < -0.39 is 25.7 Å². The number of hydrogen-bond acceptors (Lipinski definition) is 7. The van der Waals surface area contributed by atoms with E-state index in [4.69, 9.17) is 9.47 Å². The number of rotatable bonds is 18. The molecule has 1 atom stereocenters. The van der Waals surface area contributed by atoms with Crippen LogP contribution >= 0.6 is 0 Å². The summed E-state index contributed by atoms with van der Waals surface area (Å²) in [7, 11) is -1.19. The van der Waals surface area contributed by atoms with Crippen molar-refractivity contribution in [3.05, 3.63) is 144 Å². The third-order valence-electron chi connectivity index (χ3n) is 10.6. The van der Waals surface area contributed by atoms with Crippen molar-refractivity contribution >= 4 is 37.6 Å². The third-order valence-corrected chi connectivity index (χ3v) is 12.3. The highest BCUT2D eigenvalue weighted by Gasteiger charge is 2.33. The number of para-hydroxylation sites is 1. The average molecular weight is 843 g/mol. The second-order valence-electron chi connectivity index (χ2n) is 17.5. The molecular weight excluding hydrogens is 785 g/mol. The van der Waals surface area contributed by atoms with Gasteiger partial charge in [0, 0.05) is 50.8 Å². The van der Waals surface area contributed by atoms with Gasteiger partial charge in [-0.25, -0.2) is 9.78 Å². The first-order chi connectivity index (χ1) is 29.2. The number of carbonyl (C=O) groups is 4. The average Bonchev–Trinajstić information content (AvgIpc) is 3.62. The van der Waals surface area contributed by atoms with Gasteiger partial charge in [0.25, 0.3) is 0 Å². The molecule has 12 nitrogen and oxygen atoms in total. The fraction of sp³-hybridized carbons (Fsp3) is 0.354. The topological polar surface area (TPSA) is 144 Å². The molecule has 4 amide bonds. The van der Waals surface area contributed by atoms with E-state index in [0.29, 0.717) is 39.3 Å². The molecule has 0 spiro atoms. The Morgan fingerprint density at radius 3 is 2.36 bits per heavy atom. The maximum atomic E-state index is 14.3. The second kappa shape index (κ2) is 20.5. The summed E-state index contributed by atoms with van der Waals surface area (Å²) in [5, 5.41) is 8.84. The highest BCUT2D eigenvalue weighted by Crippen LogP contribution is 2.30. The van der Waals surface area contributed by atoms with Gasteiger partial charge in [-0.3, -0.25) is 14.4 Å². The summed E-state index contributed by atoms with van der Waals surface area (Å²) < 4.78 is 13.1. The summed E-state index contributed by atoms with van der Waals surface area (Å²) in [4.78, 5) is 59.3. The molecule has 0 bridgehead atoms. The number of nitrogens with one attached hydrogen (secondary N) is 3. The number of ether oxygens (including phenoxy) is 2. The van der Waals surface area contributed by atoms with Crippen LogP contribution in [0.15, 0.2) is 116 Å². The van der Waals surface area contributed by atoms with Crippen LogP contribution in [0.2, 0.25) is 25.7 Å². The van der Waals surface area contributed by atoms with E-state index in [-0.39, 0.29) is 37.2 Å². The molecule has 0 radical (unpaired) electrons. The standard InChI is InChI=1S/C48H58N6O6Si/c1-48(2,52-47(58)60-32-36-13-7-6-8-14-36)28-45(56)51-42-24-23-38-15-10-12-18-43(38)54(46(42)57)31-35-19-21-37(22-20-35)41-17-11-9-16-39(41)29-50-44(55)27-40-30-49-33-53(40)34-59-25-26-61(3,4)5/h6-22,30,33,42H,23-29,31-32,34H2,1-5H3,(H,50,55)(H,51,56)(H,52,58)/t42-/m1/s1. The van der Waals surface area contributed by atoms with Gasteiger partial charge in [-0.15, -0.1) is 0 Å². The number of anilines is 1. The maximum absolute atomic E-state index is 14.3. The number of amides is 4. The van der Waals surface area contributed by atoms with E-state index in [2.05, 4.69) is 40.6 Å². The summed E-state index contributed by atoms with van der Waals surface area (Å²) in [6.45, 7) is 12.3. The van der Waals surface area contributed by atoms with Crippen molar-refractivity contribution in [2.75, 3.05) is 11.5 Å². The van der Waals surface area contributed by atoms with Crippen LogP contribution in [0.25, 0.3) is 11.1 Å². The molecule has 61 heavy (non-hydrogen) atoms. The molecule has 3 N–H and O–H groups in total. The van der Waals surface area contributed by atoms with Gasteiger partial charge >= 0.3 is 6.09 Å². The number of hydrogen-bond donors (Lipinski definition) is 3. The van der Waals surface area contributed by atoms with E-state index >= 15 is 0 Å². The molecule has 4 aromatic carbocycles. The van der Waals surface area contributed by atoms with Crippen molar-refractivity contribution in [1.82, 2.24) is 25.5 Å². The molecule has 13 heteroatoms. The Labute approximate surface area is 360 Å². The Morgan fingerprint density at radius 1 is 0.869 bits per heavy atom. The summed E-state index contributed by atoms with van der Waals surface area (Å²) in [5.41, 5.74) is 6.45. The van der Waals surface area contributed by atoms with Crippen molar-refractivity contribution in [1.29, 1.82) is 0 Å². The summed E-state index contributed by atoms with van der Waals surface area (Å²) >= 11 is 0. The lowest BCUT2D eigenvalue weighted by molar-refractivity contribution is -0.128. The first-order valence-corrected chi connectivity index (χ1v) is 24.6. The van der Waals surface area contributed by atoms with Crippen molar-refractivity contribution in [2.24, 2.45) is 0 Å². The van der Waals surface area contributed by atoms with Crippen LogP contribution in [0.4, 0.5) is 10.5 Å². The van der Waals surface area contributed by atoms with Gasteiger partial charge in [0.2, 0.25) is 17.7 Å². The highest BCUT2D eigenvalue weighted by atomic mass is 28.3. The SMILES string of the molecule is CC(C)(CC(=O)N[C@@H]1CCc2ccccc2N(Cc2ccc(-c3ccccc3CNC(=O)Cc3cncn3COCC[Si](C)(C)C)cc2)C1=O)NC(=O)OCc1ccccc1. The monoisotopic (exact) mass is 842 g/mol. The normalized spacial score (nSPS) is 14.1. The molecule has 0 saturated heterocycles. The molecule has 0 unspecified atom stereocenters. The summed E-state index contributed by atoms with van der Waals surface area (Å²) in [6, 6.07) is 33.6. The largest absolute Gasteiger partial charge is 0.445 e. The number of aryl methyl sites for hydroxylation is 1. The Hall–Kier alpha value is -6.05. The minimum absolute atomic E-state index is 0.0448. The molecule has 2 heterocycles. The van der Waals surface area contributed by atoms with E-state index in [1.165, 1.54) is 0 Å². The molecular formula is C48H58N6O6Si. The predicted octanol–water partition coefficient (Wildman–Crippen LogP) is 7.78. The number of alkyl carbamates (subject to hydrolysis) is 1. The molecule has 0 aliphatic carbocycles. The van der Waals surface area contributed by atoms with Crippen LogP contribution in [0.3, 0.4) is 0 Å². The van der Waals surface area contributed by atoms with Crippen molar-refractivity contribution in [3.63, 3.8) is 0 Å². The van der Waals surface area contributed by atoms with Crippen LogP contribution in [-0.4, -0.2) is 59.6 Å². The third kappa shape index (κ3) is 13.2. The van der Waals surface area contributed by atoms with Crippen LogP contribution < -0.4 is 20.9 Å². The highest BCUT2D eigenvalue weighted by molar-refractivity contribution is 6.76. The van der Waals surface area contributed by atoms with Crippen LogP contribution in [0.5, 0.6) is 0 Å². The molecule has 0 fully saturated rings. The van der Waals surface area contributed by atoms with Crippen molar-refractivity contribution in [3.8, 4) is 11.1 Å². The van der Waals surface area contributed by atoms with Gasteiger partial charge < -0.3 is 34.9 Å². The minimum atomic E-state index is -1.19. The summed E-state index contributed by atoms with van der Waals surface area (Å²) in [6.07, 6.45) is 3.98. The molecule has 1 aromatic heterocycles. The van der Waals surface area contributed by atoms with E-state index in [9.17, 15) is 19.2 Å². The lowest BCUT2D eigenvalue weighted by Crippen LogP contribution is -2.51. The first kappa shape index (κ1) is 44.5. The number of benzene rings is 4. The van der Waals surface area contributed by atoms with Crippen LogP contribution in [0, 0.1) is 0 Å². The van der Waals surface area contributed by atoms with Gasteiger partial charge in [-0.05, 0) is 72.2 Å². The van der Waals surface area contributed by atoms with E-state index in [1.807, 2.05) is 108 Å². The Bertz CT molecular complexity index is 2270. The molecule has 5 aromatic rings. The number of imidazole rings is 1. The van der Waals surface area contributed by atoms with Crippen molar-refractivity contribution < 1.29 is 28.7 Å². The first-order valence-electron chi connectivity index (χ1n) is 20.9. The number of aromatic nitrogens is 2. The minimum Gasteiger partial charge on any atom is -0.445 e. The Morgan fingerprint density at radius 2 is 1.59 bits per heavy atom. The lowest BCUT2D eigenvalue weighted by atomic mass is 9.98. The Kier molecular flexibility index (Phi) is 14.9. The zero-order chi connectivity index (χ0) is 43.4. The van der Waals surface area contributed by atoms with E-state index in [1.54, 1.807) is 31.3 Å². The molecule has 320 valence electrons. The lowest BCUT2D eigenvalue weighted by Gasteiger charge is -2.28. The maximum Gasteiger partial charge on any atom is 0.407 e. The molecule has 0 saturated carbocycles. The smallest absolute Gasteiger partial charge is 0.407 e. The Balaban J connectivity index is 1.06. The fourth-order valence-electron chi connectivity index (χ4n) is 7.24. The number of carbonyl (C=O) groups excluding carboxylic acids is 4. The zero-order valence-electron chi connectivity index (χ0n) is 35.9. The molecule has 1 aliphatic heterocycles. The quantitative estimate of drug-likeness (QED) is 0.0604. The van der Waals surface area contributed by atoms with Gasteiger partial charge in [-0.2, -0.15) is 0 Å². The predicted molar refractivity (Wildman–Crippen MR) is 240 cm³/mol. The molecule has 6 rings (SSSR count). The number of nitrogens with zero attached hydrogens (tertiary/aromatic N) is 3. The zero-order valence-corrected chi connectivity index (χ0v) is 36.9.